The Balaban J connectivity index is 1.87. The molecule has 0 spiro atoms. The fourth-order valence-electron chi connectivity index (χ4n) is 4.99. The van der Waals surface area contributed by atoms with Crippen molar-refractivity contribution in [2.24, 2.45) is 0 Å². The SMILES string of the molecule is CCOC(=O)c1c(C)n(C2CCCCC2)c2ccc(O)c(CN3CCOCC3)c12. The minimum Gasteiger partial charge on any atom is -0.508 e. The molecule has 29 heavy (non-hydrogen) atoms. The number of aromatic nitrogens is 1. The summed E-state index contributed by atoms with van der Waals surface area (Å²) in [6.07, 6.45) is 5.98. The van der Waals surface area contributed by atoms with Crippen molar-refractivity contribution in [3.05, 3.63) is 29.0 Å². The Morgan fingerprint density at radius 2 is 1.93 bits per heavy atom. The van der Waals surface area contributed by atoms with Crippen molar-refractivity contribution in [1.29, 1.82) is 0 Å². The van der Waals surface area contributed by atoms with Crippen LogP contribution in [0.2, 0.25) is 0 Å². The van der Waals surface area contributed by atoms with E-state index in [1.807, 2.05) is 19.9 Å². The number of benzene rings is 1. The topological polar surface area (TPSA) is 63.9 Å². The first-order valence-electron chi connectivity index (χ1n) is 10.9. The predicted molar refractivity (Wildman–Crippen MR) is 113 cm³/mol. The van der Waals surface area contributed by atoms with E-state index in [2.05, 4.69) is 9.47 Å². The van der Waals surface area contributed by atoms with E-state index < -0.39 is 0 Å². The average Bonchev–Trinajstić information content (AvgIpc) is 3.04. The summed E-state index contributed by atoms with van der Waals surface area (Å²) in [5, 5.41) is 11.6. The number of carbonyl (C=O) groups is 1. The number of carbonyl (C=O) groups excluding carboxylic acids is 1. The standard InChI is InChI=1S/C23H32N2O4/c1-3-29-23(27)21-16(2)25(17-7-5-4-6-8-17)19-9-10-20(26)18(22(19)21)15-24-11-13-28-14-12-24/h9-10,17,26H,3-8,11-15H2,1-2H3. The Labute approximate surface area is 172 Å². The van der Waals surface area contributed by atoms with Crippen LogP contribution in [0.5, 0.6) is 5.75 Å². The van der Waals surface area contributed by atoms with Crippen LogP contribution in [-0.2, 0) is 16.0 Å². The lowest BCUT2D eigenvalue weighted by molar-refractivity contribution is 0.0340. The van der Waals surface area contributed by atoms with E-state index in [0.29, 0.717) is 38.0 Å². The molecule has 2 aliphatic rings. The van der Waals surface area contributed by atoms with Crippen LogP contribution < -0.4 is 0 Å². The highest BCUT2D eigenvalue weighted by molar-refractivity contribution is 6.08. The molecule has 1 saturated carbocycles. The number of hydrogen-bond donors (Lipinski definition) is 1. The normalized spacial score (nSPS) is 19.0. The van der Waals surface area contributed by atoms with Crippen molar-refractivity contribution in [3.63, 3.8) is 0 Å². The summed E-state index contributed by atoms with van der Waals surface area (Å²) >= 11 is 0. The maximum Gasteiger partial charge on any atom is 0.340 e. The van der Waals surface area contributed by atoms with Gasteiger partial charge in [-0.25, -0.2) is 4.79 Å². The number of ether oxygens (including phenoxy) is 2. The summed E-state index contributed by atoms with van der Waals surface area (Å²) in [5.41, 5.74) is 3.44. The number of nitrogens with zero attached hydrogens (tertiary/aromatic N) is 2. The molecule has 4 rings (SSSR count). The van der Waals surface area contributed by atoms with Crippen molar-refractivity contribution in [2.75, 3.05) is 32.9 Å². The largest absolute Gasteiger partial charge is 0.508 e. The van der Waals surface area contributed by atoms with Crippen LogP contribution >= 0.6 is 0 Å². The third kappa shape index (κ3) is 3.88. The highest BCUT2D eigenvalue weighted by Crippen LogP contribution is 2.40. The Kier molecular flexibility index (Phi) is 6.11. The van der Waals surface area contributed by atoms with Gasteiger partial charge in [-0.2, -0.15) is 0 Å². The second-order valence-electron chi connectivity index (χ2n) is 8.19. The molecule has 6 nitrogen and oxygen atoms in total. The van der Waals surface area contributed by atoms with Gasteiger partial charge in [0.1, 0.15) is 5.75 Å². The first kappa shape index (κ1) is 20.2. The molecule has 0 radical (unpaired) electrons. The van der Waals surface area contributed by atoms with E-state index in [0.717, 1.165) is 48.1 Å². The quantitative estimate of drug-likeness (QED) is 0.763. The number of rotatable bonds is 5. The number of morpholine rings is 1. The van der Waals surface area contributed by atoms with Gasteiger partial charge in [-0.15, -0.1) is 0 Å². The smallest absolute Gasteiger partial charge is 0.340 e. The molecule has 0 unspecified atom stereocenters. The van der Waals surface area contributed by atoms with Gasteiger partial charge in [0.2, 0.25) is 0 Å². The molecule has 2 fully saturated rings. The molecule has 1 saturated heterocycles. The number of hydrogen-bond acceptors (Lipinski definition) is 5. The molecule has 0 amide bonds. The van der Waals surface area contributed by atoms with E-state index in [9.17, 15) is 9.90 Å². The molecule has 2 heterocycles. The minimum atomic E-state index is -0.293. The van der Waals surface area contributed by atoms with Crippen LogP contribution in [-0.4, -0.2) is 53.5 Å². The molecule has 1 aliphatic heterocycles. The molecule has 1 aromatic heterocycles. The molecule has 6 heteroatoms. The molecule has 0 bridgehead atoms. The Morgan fingerprint density at radius 3 is 2.62 bits per heavy atom. The van der Waals surface area contributed by atoms with E-state index in [1.54, 1.807) is 6.07 Å². The van der Waals surface area contributed by atoms with Crippen LogP contribution in [0.1, 0.15) is 66.7 Å². The van der Waals surface area contributed by atoms with Gasteiger partial charge in [-0.3, -0.25) is 4.90 Å². The fraction of sp³-hybridized carbons (Fsp3) is 0.609. The van der Waals surface area contributed by atoms with E-state index >= 15 is 0 Å². The second kappa shape index (κ2) is 8.76. The molecular weight excluding hydrogens is 368 g/mol. The van der Waals surface area contributed by atoms with Gasteiger partial charge in [0.15, 0.2) is 0 Å². The lowest BCUT2D eigenvalue weighted by Gasteiger charge is -2.27. The monoisotopic (exact) mass is 400 g/mol. The lowest BCUT2D eigenvalue weighted by Crippen LogP contribution is -2.35. The van der Waals surface area contributed by atoms with Crippen LogP contribution in [0.15, 0.2) is 12.1 Å². The van der Waals surface area contributed by atoms with E-state index in [1.165, 1.54) is 19.3 Å². The van der Waals surface area contributed by atoms with Crippen LogP contribution in [0.25, 0.3) is 10.9 Å². The number of fused-ring (bicyclic) bond motifs is 1. The minimum absolute atomic E-state index is 0.246. The summed E-state index contributed by atoms with van der Waals surface area (Å²) < 4.78 is 13.2. The zero-order valence-electron chi connectivity index (χ0n) is 17.6. The zero-order chi connectivity index (χ0) is 20.4. The van der Waals surface area contributed by atoms with Gasteiger partial charge < -0.3 is 19.1 Å². The van der Waals surface area contributed by atoms with Gasteiger partial charge in [-0.05, 0) is 38.8 Å². The molecule has 0 atom stereocenters. The molecule has 158 valence electrons. The summed E-state index contributed by atoms with van der Waals surface area (Å²) in [7, 11) is 0. The molecule has 1 aromatic carbocycles. The van der Waals surface area contributed by atoms with E-state index in [-0.39, 0.29) is 11.7 Å². The number of aromatic hydroxyl groups is 1. The zero-order valence-corrected chi connectivity index (χ0v) is 17.6. The molecule has 1 N–H and O–H groups in total. The Morgan fingerprint density at radius 1 is 1.21 bits per heavy atom. The summed E-state index contributed by atoms with van der Waals surface area (Å²) in [5.74, 6) is -0.0475. The summed E-state index contributed by atoms with van der Waals surface area (Å²) in [6.45, 7) is 7.85. The molecular formula is C23H32N2O4. The summed E-state index contributed by atoms with van der Waals surface area (Å²) in [4.78, 5) is 15.3. The molecule has 1 aliphatic carbocycles. The lowest BCUT2D eigenvalue weighted by atomic mass is 9.95. The second-order valence-corrected chi connectivity index (χ2v) is 8.19. The predicted octanol–water partition coefficient (Wildman–Crippen LogP) is 4.17. The van der Waals surface area contributed by atoms with E-state index in [4.69, 9.17) is 9.47 Å². The highest BCUT2D eigenvalue weighted by Gasteiger charge is 2.29. The van der Waals surface area contributed by atoms with Crippen LogP contribution in [0.3, 0.4) is 0 Å². The fourth-order valence-corrected chi connectivity index (χ4v) is 4.99. The molecule has 2 aromatic rings. The maximum absolute atomic E-state index is 13.0. The van der Waals surface area contributed by atoms with Gasteiger partial charge in [0.25, 0.3) is 0 Å². The van der Waals surface area contributed by atoms with Crippen molar-refractivity contribution in [1.82, 2.24) is 9.47 Å². The summed E-state index contributed by atoms with van der Waals surface area (Å²) in [6, 6.07) is 4.15. The number of phenols is 1. The van der Waals surface area contributed by atoms with Crippen molar-refractivity contribution in [2.45, 2.75) is 58.5 Å². The van der Waals surface area contributed by atoms with Crippen molar-refractivity contribution < 1.29 is 19.4 Å². The van der Waals surface area contributed by atoms with Crippen LogP contribution in [0, 0.1) is 6.92 Å². The average molecular weight is 401 g/mol. The first-order valence-corrected chi connectivity index (χ1v) is 10.9. The number of esters is 1. The Bertz CT molecular complexity index is 877. The van der Waals surface area contributed by atoms with Gasteiger partial charge in [0.05, 0.1) is 25.4 Å². The van der Waals surface area contributed by atoms with Gasteiger partial charge >= 0.3 is 5.97 Å². The third-order valence-corrected chi connectivity index (χ3v) is 6.40. The maximum atomic E-state index is 13.0. The van der Waals surface area contributed by atoms with Crippen molar-refractivity contribution in [3.8, 4) is 5.75 Å². The third-order valence-electron chi connectivity index (χ3n) is 6.40. The Hall–Kier alpha value is -2.05. The number of phenolic OH excluding ortho intramolecular Hbond substituents is 1. The van der Waals surface area contributed by atoms with Crippen molar-refractivity contribution >= 4 is 16.9 Å². The van der Waals surface area contributed by atoms with Crippen LogP contribution in [0.4, 0.5) is 0 Å². The van der Waals surface area contributed by atoms with Gasteiger partial charge in [0, 0.05) is 47.8 Å². The highest BCUT2D eigenvalue weighted by atomic mass is 16.5. The first-order chi connectivity index (χ1) is 14.1. The van der Waals surface area contributed by atoms with Gasteiger partial charge in [-0.1, -0.05) is 19.3 Å².